The predicted octanol–water partition coefficient (Wildman–Crippen LogP) is -0.970. The van der Waals surface area contributed by atoms with E-state index in [4.69, 9.17) is 11.5 Å². The first-order chi connectivity index (χ1) is 6.15. The summed E-state index contributed by atoms with van der Waals surface area (Å²) in [4.78, 5) is 14.5. The Hall–Kier alpha value is -0.810. The smallest absolute Gasteiger partial charge is 0.314 e. The largest absolute Gasteiger partial charge is 0.351 e. The van der Waals surface area contributed by atoms with Crippen molar-refractivity contribution in [3.05, 3.63) is 0 Å². The molecule has 13 heavy (non-hydrogen) atoms. The molecule has 1 aliphatic rings. The minimum Gasteiger partial charge on any atom is -0.351 e. The van der Waals surface area contributed by atoms with E-state index >= 15 is 0 Å². The van der Waals surface area contributed by atoms with Crippen LogP contribution in [-0.2, 0) is 0 Å². The topological polar surface area (TPSA) is 75.6 Å². The second-order valence-electron chi connectivity index (χ2n) is 3.52. The van der Waals surface area contributed by atoms with E-state index in [-0.39, 0.29) is 6.03 Å². The monoisotopic (exact) mass is 186 g/mol. The maximum atomic E-state index is 10.7. The molecular weight excluding hydrogens is 168 g/mol. The highest BCUT2D eigenvalue weighted by atomic mass is 16.2. The molecule has 0 spiro atoms. The Kier molecular flexibility index (Phi) is 3.50. The number of nitrogens with zero attached hydrogens (tertiary/aromatic N) is 2. The van der Waals surface area contributed by atoms with Crippen molar-refractivity contribution in [3.8, 4) is 0 Å². The normalized spacial score (nSPS) is 17.6. The van der Waals surface area contributed by atoms with Crippen LogP contribution in [0.25, 0.3) is 0 Å². The van der Waals surface area contributed by atoms with Gasteiger partial charge in [0.15, 0.2) is 0 Å². The van der Waals surface area contributed by atoms with Crippen LogP contribution in [0, 0.1) is 0 Å². The van der Waals surface area contributed by atoms with E-state index in [1.165, 1.54) is 0 Å². The molecule has 5 heteroatoms. The van der Waals surface area contributed by atoms with Crippen molar-refractivity contribution < 1.29 is 4.79 Å². The lowest BCUT2D eigenvalue weighted by Gasteiger charge is -2.43. The molecule has 0 atom stereocenters. The molecule has 0 aromatic carbocycles. The number of carbonyl (C=O) groups excluding carboxylic acids is 1. The SMILES string of the molecule is CN(CCCN)C1CN(C(N)=O)C1. The molecule has 0 bridgehead atoms. The minimum absolute atomic E-state index is 0.316. The second kappa shape index (κ2) is 4.43. The first-order valence-electron chi connectivity index (χ1n) is 4.60. The number of amides is 2. The van der Waals surface area contributed by atoms with Crippen LogP contribution in [0.15, 0.2) is 0 Å². The first-order valence-corrected chi connectivity index (χ1v) is 4.60. The summed E-state index contributed by atoms with van der Waals surface area (Å²) in [7, 11) is 2.05. The predicted molar refractivity (Wildman–Crippen MR) is 51.2 cm³/mol. The fourth-order valence-electron chi connectivity index (χ4n) is 1.44. The highest BCUT2D eigenvalue weighted by Crippen LogP contribution is 2.12. The Balaban J connectivity index is 2.15. The van der Waals surface area contributed by atoms with Gasteiger partial charge in [0.05, 0.1) is 0 Å². The maximum Gasteiger partial charge on any atom is 0.314 e. The molecule has 1 saturated heterocycles. The van der Waals surface area contributed by atoms with E-state index in [0.29, 0.717) is 6.04 Å². The lowest BCUT2D eigenvalue weighted by Crippen LogP contribution is -2.61. The molecule has 4 N–H and O–H groups in total. The van der Waals surface area contributed by atoms with Crippen molar-refractivity contribution in [2.24, 2.45) is 11.5 Å². The van der Waals surface area contributed by atoms with E-state index in [2.05, 4.69) is 11.9 Å². The molecule has 5 nitrogen and oxygen atoms in total. The molecule has 1 heterocycles. The number of carbonyl (C=O) groups is 1. The zero-order valence-electron chi connectivity index (χ0n) is 8.07. The Morgan fingerprint density at radius 3 is 2.69 bits per heavy atom. The fourth-order valence-corrected chi connectivity index (χ4v) is 1.44. The van der Waals surface area contributed by atoms with Crippen molar-refractivity contribution in [3.63, 3.8) is 0 Å². The van der Waals surface area contributed by atoms with Gasteiger partial charge in [-0.05, 0) is 26.6 Å². The van der Waals surface area contributed by atoms with Gasteiger partial charge in [0.1, 0.15) is 0 Å². The van der Waals surface area contributed by atoms with Crippen molar-refractivity contribution in [1.29, 1.82) is 0 Å². The number of hydrogen-bond donors (Lipinski definition) is 2. The molecule has 0 aliphatic carbocycles. The van der Waals surface area contributed by atoms with Gasteiger partial charge in [0, 0.05) is 19.1 Å². The van der Waals surface area contributed by atoms with Gasteiger partial charge in [-0.1, -0.05) is 0 Å². The number of urea groups is 1. The van der Waals surface area contributed by atoms with Crippen LogP contribution in [-0.4, -0.2) is 55.1 Å². The lowest BCUT2D eigenvalue weighted by molar-refractivity contribution is 0.0765. The van der Waals surface area contributed by atoms with Gasteiger partial charge in [-0.3, -0.25) is 4.90 Å². The average Bonchev–Trinajstić information content (AvgIpc) is 1.97. The van der Waals surface area contributed by atoms with Gasteiger partial charge < -0.3 is 16.4 Å². The molecule has 1 rings (SSSR count). The van der Waals surface area contributed by atoms with Gasteiger partial charge in [-0.25, -0.2) is 4.79 Å². The van der Waals surface area contributed by atoms with E-state index in [0.717, 1.165) is 32.6 Å². The zero-order valence-corrected chi connectivity index (χ0v) is 8.07. The molecular formula is C8H18N4O. The summed E-state index contributed by atoms with van der Waals surface area (Å²) in [5, 5.41) is 0. The zero-order chi connectivity index (χ0) is 9.84. The number of rotatable bonds is 4. The number of likely N-dealkylation sites (tertiary alicyclic amines) is 1. The Bertz CT molecular complexity index is 179. The van der Waals surface area contributed by atoms with Crippen LogP contribution in [0.5, 0.6) is 0 Å². The molecule has 0 unspecified atom stereocenters. The minimum atomic E-state index is -0.316. The van der Waals surface area contributed by atoms with Crippen LogP contribution in [0.3, 0.4) is 0 Å². The third-order valence-corrected chi connectivity index (χ3v) is 2.51. The number of nitrogens with two attached hydrogens (primary N) is 2. The first kappa shape index (κ1) is 10.3. The maximum absolute atomic E-state index is 10.7. The van der Waals surface area contributed by atoms with Crippen molar-refractivity contribution in [2.75, 3.05) is 33.2 Å². The number of primary amides is 1. The van der Waals surface area contributed by atoms with Gasteiger partial charge in [0.25, 0.3) is 0 Å². The lowest BCUT2D eigenvalue weighted by atomic mass is 10.1. The highest BCUT2D eigenvalue weighted by molar-refractivity contribution is 5.73. The van der Waals surface area contributed by atoms with Crippen molar-refractivity contribution in [1.82, 2.24) is 9.80 Å². The summed E-state index contributed by atoms with van der Waals surface area (Å²) >= 11 is 0. The van der Waals surface area contributed by atoms with Crippen LogP contribution in [0.4, 0.5) is 4.79 Å². The summed E-state index contributed by atoms with van der Waals surface area (Å²) in [6, 6.07) is 0.155. The van der Waals surface area contributed by atoms with Gasteiger partial charge in [-0.2, -0.15) is 0 Å². The highest BCUT2D eigenvalue weighted by Gasteiger charge is 2.31. The summed E-state index contributed by atoms with van der Waals surface area (Å²) < 4.78 is 0. The third-order valence-electron chi connectivity index (χ3n) is 2.51. The van der Waals surface area contributed by atoms with Gasteiger partial charge >= 0.3 is 6.03 Å². The summed E-state index contributed by atoms with van der Waals surface area (Å²) in [6.45, 7) is 3.23. The molecule has 2 amide bonds. The quantitative estimate of drug-likeness (QED) is 0.593. The van der Waals surface area contributed by atoms with Crippen molar-refractivity contribution in [2.45, 2.75) is 12.5 Å². The molecule has 0 saturated carbocycles. The van der Waals surface area contributed by atoms with Gasteiger partial charge in [-0.15, -0.1) is 0 Å². The molecule has 1 fully saturated rings. The number of likely N-dealkylation sites (N-methyl/N-ethyl adjacent to an activating group) is 1. The number of hydrogen-bond acceptors (Lipinski definition) is 3. The van der Waals surface area contributed by atoms with Crippen LogP contribution < -0.4 is 11.5 Å². The van der Waals surface area contributed by atoms with E-state index in [1.807, 2.05) is 0 Å². The molecule has 0 aromatic heterocycles. The summed E-state index contributed by atoms with van der Waals surface area (Å²) in [5.41, 5.74) is 10.5. The van der Waals surface area contributed by atoms with Crippen molar-refractivity contribution >= 4 is 6.03 Å². The standard InChI is InChI=1S/C8H18N4O/c1-11(4-2-3-9)7-5-12(6-7)8(10)13/h7H,2-6,9H2,1H3,(H2,10,13). The fraction of sp³-hybridized carbons (Fsp3) is 0.875. The Morgan fingerprint density at radius 2 is 2.23 bits per heavy atom. The Morgan fingerprint density at radius 1 is 1.62 bits per heavy atom. The molecule has 0 aromatic rings. The van der Waals surface area contributed by atoms with E-state index in [9.17, 15) is 4.79 Å². The third kappa shape index (κ3) is 2.57. The summed E-state index contributed by atoms with van der Waals surface area (Å²) in [6.07, 6.45) is 1.00. The molecule has 0 radical (unpaired) electrons. The van der Waals surface area contributed by atoms with Gasteiger partial charge in [0.2, 0.25) is 0 Å². The van der Waals surface area contributed by atoms with Crippen LogP contribution in [0.2, 0.25) is 0 Å². The Labute approximate surface area is 78.6 Å². The van der Waals surface area contributed by atoms with E-state index < -0.39 is 0 Å². The second-order valence-corrected chi connectivity index (χ2v) is 3.52. The van der Waals surface area contributed by atoms with Crippen LogP contribution in [0.1, 0.15) is 6.42 Å². The summed E-state index contributed by atoms with van der Waals surface area (Å²) in [5.74, 6) is 0. The molecule has 1 aliphatic heterocycles. The van der Waals surface area contributed by atoms with E-state index in [1.54, 1.807) is 4.90 Å². The molecule has 76 valence electrons. The average molecular weight is 186 g/mol. The van der Waals surface area contributed by atoms with Crippen LogP contribution >= 0.6 is 0 Å².